The number of hydrogen-bond acceptors (Lipinski definition) is 6. The van der Waals surface area contributed by atoms with Gasteiger partial charge in [0.2, 0.25) is 5.91 Å². The van der Waals surface area contributed by atoms with E-state index in [1.165, 1.54) is 6.33 Å². The predicted octanol–water partition coefficient (Wildman–Crippen LogP) is 3.40. The lowest BCUT2D eigenvalue weighted by atomic mass is 10.0. The van der Waals surface area contributed by atoms with Crippen molar-refractivity contribution in [2.24, 2.45) is 0 Å². The first-order valence-electron chi connectivity index (χ1n) is 11.4. The normalized spacial score (nSPS) is 18.5. The van der Waals surface area contributed by atoms with Gasteiger partial charge >= 0.3 is 0 Å². The first-order valence-corrected chi connectivity index (χ1v) is 11.4. The van der Waals surface area contributed by atoms with Crippen molar-refractivity contribution in [1.29, 1.82) is 0 Å². The van der Waals surface area contributed by atoms with Crippen LogP contribution in [-0.2, 0) is 4.79 Å². The topological polar surface area (TPSA) is 72.7 Å². The second-order valence-electron chi connectivity index (χ2n) is 8.67. The van der Waals surface area contributed by atoms with Crippen LogP contribution in [0.5, 0.6) is 11.5 Å². The lowest BCUT2D eigenvalue weighted by Gasteiger charge is -2.30. The molecular weight excluding hydrogens is 418 g/mol. The van der Waals surface area contributed by atoms with Gasteiger partial charge in [-0.25, -0.2) is 9.67 Å². The minimum absolute atomic E-state index is 0.0824. The summed E-state index contributed by atoms with van der Waals surface area (Å²) in [6.45, 7) is 4.42. The van der Waals surface area contributed by atoms with Crippen molar-refractivity contribution in [3.63, 3.8) is 0 Å². The van der Waals surface area contributed by atoms with Gasteiger partial charge < -0.3 is 14.4 Å². The van der Waals surface area contributed by atoms with E-state index in [2.05, 4.69) is 40.1 Å². The monoisotopic (exact) mass is 447 g/mol. The summed E-state index contributed by atoms with van der Waals surface area (Å²) in [7, 11) is 2.00. The van der Waals surface area contributed by atoms with E-state index in [0.717, 1.165) is 47.7 Å². The lowest BCUT2D eigenvalue weighted by molar-refractivity contribution is -0.133. The molecule has 3 heterocycles. The minimum atomic E-state index is 0.0824. The maximum Gasteiger partial charge on any atom is 0.237 e. The number of fused-ring (bicyclic) bond motifs is 1. The number of ether oxygens (including phenoxy) is 2. The quantitative estimate of drug-likeness (QED) is 0.577. The molecule has 2 unspecified atom stereocenters. The highest BCUT2D eigenvalue weighted by Crippen LogP contribution is 2.38. The Morgan fingerprint density at radius 3 is 2.70 bits per heavy atom. The zero-order valence-corrected chi connectivity index (χ0v) is 19.1. The Kier molecular flexibility index (Phi) is 6.00. The summed E-state index contributed by atoms with van der Waals surface area (Å²) in [6.07, 6.45) is 5.17. The van der Waals surface area contributed by atoms with Crippen LogP contribution in [0.4, 0.5) is 0 Å². The van der Waals surface area contributed by atoms with Crippen molar-refractivity contribution in [3.8, 4) is 17.2 Å². The van der Waals surface area contributed by atoms with E-state index < -0.39 is 0 Å². The number of carbonyl (C=O) groups is 1. The smallest absolute Gasteiger partial charge is 0.237 e. The standard InChI is InChI=1S/C25H29N5O3/c1-18(19-5-8-21(9-6-19)30-17-26-16-27-30)28(2)15-25(31)29-11-3-4-22(29)20-7-10-23-24(14-20)33-13-12-32-23/h5-10,14,16-18,22H,3-4,11-13,15H2,1-2H3. The highest BCUT2D eigenvalue weighted by Gasteiger charge is 2.31. The molecule has 1 saturated heterocycles. The van der Waals surface area contributed by atoms with Crippen LogP contribution >= 0.6 is 0 Å². The number of carbonyl (C=O) groups excluding carboxylic acids is 1. The van der Waals surface area contributed by atoms with Crippen LogP contribution < -0.4 is 9.47 Å². The van der Waals surface area contributed by atoms with Crippen LogP contribution in [0.2, 0.25) is 0 Å². The highest BCUT2D eigenvalue weighted by molar-refractivity contribution is 5.79. The Morgan fingerprint density at radius 2 is 1.94 bits per heavy atom. The van der Waals surface area contributed by atoms with Gasteiger partial charge in [0.25, 0.3) is 0 Å². The molecule has 0 saturated carbocycles. The van der Waals surface area contributed by atoms with E-state index in [0.29, 0.717) is 19.8 Å². The van der Waals surface area contributed by atoms with Crippen molar-refractivity contribution in [2.75, 3.05) is 33.4 Å². The molecule has 1 aromatic heterocycles. The number of likely N-dealkylation sites (tertiary alicyclic amines) is 1. The summed E-state index contributed by atoms with van der Waals surface area (Å²) < 4.78 is 13.1. The van der Waals surface area contributed by atoms with Crippen molar-refractivity contribution in [2.45, 2.75) is 31.8 Å². The first-order chi connectivity index (χ1) is 16.1. The zero-order chi connectivity index (χ0) is 22.8. The number of likely N-dealkylation sites (N-methyl/N-ethyl adjacent to an activating group) is 1. The molecule has 0 aliphatic carbocycles. The Balaban J connectivity index is 1.24. The SMILES string of the molecule is CC(c1ccc(-n2cncn2)cc1)N(C)CC(=O)N1CCCC1c1ccc2c(c1)OCCO2. The van der Waals surface area contributed by atoms with Gasteiger partial charge in [-0.3, -0.25) is 9.69 Å². The van der Waals surface area contributed by atoms with Gasteiger partial charge in [0.15, 0.2) is 11.5 Å². The summed E-state index contributed by atoms with van der Waals surface area (Å²) in [6, 6.07) is 14.5. The molecule has 8 nitrogen and oxygen atoms in total. The summed E-state index contributed by atoms with van der Waals surface area (Å²) >= 11 is 0. The van der Waals surface area contributed by atoms with Gasteiger partial charge in [-0.15, -0.1) is 0 Å². The summed E-state index contributed by atoms with van der Waals surface area (Å²) in [5.41, 5.74) is 3.23. The van der Waals surface area contributed by atoms with Gasteiger partial charge in [0.1, 0.15) is 25.9 Å². The van der Waals surface area contributed by atoms with E-state index in [9.17, 15) is 4.79 Å². The second-order valence-corrected chi connectivity index (χ2v) is 8.67. The van der Waals surface area contributed by atoms with E-state index in [1.54, 1.807) is 11.0 Å². The Hall–Kier alpha value is -3.39. The summed E-state index contributed by atoms with van der Waals surface area (Å²) in [4.78, 5) is 21.4. The number of amides is 1. The molecule has 1 amide bonds. The largest absolute Gasteiger partial charge is 0.486 e. The van der Waals surface area contributed by atoms with Gasteiger partial charge in [-0.1, -0.05) is 18.2 Å². The molecule has 5 rings (SSSR count). The van der Waals surface area contributed by atoms with Crippen molar-refractivity contribution in [3.05, 3.63) is 66.2 Å². The van der Waals surface area contributed by atoms with Gasteiger partial charge in [0, 0.05) is 12.6 Å². The lowest BCUT2D eigenvalue weighted by Crippen LogP contribution is -2.39. The molecule has 0 spiro atoms. The fourth-order valence-corrected chi connectivity index (χ4v) is 4.62. The molecule has 0 bridgehead atoms. The fourth-order valence-electron chi connectivity index (χ4n) is 4.62. The molecule has 0 N–H and O–H groups in total. The third-order valence-electron chi connectivity index (χ3n) is 6.63. The van der Waals surface area contributed by atoms with Crippen LogP contribution in [0, 0.1) is 0 Å². The number of nitrogens with zero attached hydrogens (tertiary/aromatic N) is 5. The Bertz CT molecular complexity index is 1100. The molecule has 2 atom stereocenters. The zero-order valence-electron chi connectivity index (χ0n) is 19.1. The predicted molar refractivity (Wildman–Crippen MR) is 124 cm³/mol. The maximum atomic E-state index is 13.3. The van der Waals surface area contributed by atoms with E-state index in [-0.39, 0.29) is 18.0 Å². The van der Waals surface area contributed by atoms with Crippen molar-refractivity contribution >= 4 is 5.91 Å². The third kappa shape index (κ3) is 4.43. The van der Waals surface area contributed by atoms with Gasteiger partial charge in [-0.05, 0) is 62.2 Å². The van der Waals surface area contributed by atoms with E-state index in [4.69, 9.17) is 9.47 Å². The highest BCUT2D eigenvalue weighted by atomic mass is 16.6. The average molecular weight is 448 g/mol. The molecule has 33 heavy (non-hydrogen) atoms. The van der Waals surface area contributed by atoms with Crippen LogP contribution in [0.25, 0.3) is 5.69 Å². The van der Waals surface area contributed by atoms with Gasteiger partial charge in [0.05, 0.1) is 18.3 Å². The van der Waals surface area contributed by atoms with Crippen molar-refractivity contribution in [1.82, 2.24) is 24.6 Å². The molecule has 1 fully saturated rings. The average Bonchev–Trinajstić information content (AvgIpc) is 3.56. The molecule has 2 aromatic carbocycles. The molecular formula is C25H29N5O3. The Morgan fingerprint density at radius 1 is 1.15 bits per heavy atom. The number of aromatic nitrogens is 3. The third-order valence-corrected chi connectivity index (χ3v) is 6.63. The maximum absolute atomic E-state index is 13.3. The van der Waals surface area contributed by atoms with Crippen LogP contribution in [-0.4, -0.2) is 63.8 Å². The second kappa shape index (κ2) is 9.23. The number of benzene rings is 2. The summed E-state index contributed by atoms with van der Waals surface area (Å²) in [5.74, 6) is 1.71. The Labute approximate surface area is 193 Å². The molecule has 3 aromatic rings. The number of hydrogen-bond donors (Lipinski definition) is 0. The van der Waals surface area contributed by atoms with Gasteiger partial charge in [-0.2, -0.15) is 5.10 Å². The van der Waals surface area contributed by atoms with Crippen molar-refractivity contribution < 1.29 is 14.3 Å². The van der Waals surface area contributed by atoms with E-state index in [1.807, 2.05) is 36.2 Å². The molecule has 2 aliphatic heterocycles. The molecule has 8 heteroatoms. The summed E-state index contributed by atoms with van der Waals surface area (Å²) in [5, 5.41) is 4.17. The van der Waals surface area contributed by atoms with E-state index >= 15 is 0 Å². The molecule has 0 radical (unpaired) electrons. The fraction of sp³-hybridized carbons (Fsp3) is 0.400. The molecule has 2 aliphatic rings. The van der Waals surface area contributed by atoms with Crippen LogP contribution in [0.1, 0.15) is 43.0 Å². The van der Waals surface area contributed by atoms with Crippen LogP contribution in [0.3, 0.4) is 0 Å². The molecule has 172 valence electrons. The minimum Gasteiger partial charge on any atom is -0.486 e. The first kappa shape index (κ1) is 21.5. The van der Waals surface area contributed by atoms with Crippen LogP contribution in [0.15, 0.2) is 55.1 Å². The number of rotatable bonds is 6.